The van der Waals surface area contributed by atoms with Gasteiger partial charge in [0.2, 0.25) is 0 Å². The van der Waals surface area contributed by atoms with Gasteiger partial charge in [-0.25, -0.2) is 0 Å². The summed E-state index contributed by atoms with van der Waals surface area (Å²) in [5, 5.41) is 0. The zero-order chi connectivity index (χ0) is 14.8. The fourth-order valence-electron chi connectivity index (χ4n) is 2.57. The minimum atomic E-state index is 0.326. The maximum atomic E-state index is 5.70. The van der Waals surface area contributed by atoms with Gasteiger partial charge >= 0.3 is 0 Å². The Bertz CT molecular complexity index is 379. The molecule has 114 valence electrons. The zero-order valence-electron chi connectivity index (χ0n) is 13.2. The van der Waals surface area contributed by atoms with Crippen LogP contribution in [0.2, 0.25) is 0 Å². The summed E-state index contributed by atoms with van der Waals surface area (Å²) < 4.78 is 5.43. The predicted octanol–water partition coefficient (Wildman–Crippen LogP) is 3.74. The molecule has 0 radical (unpaired) electrons. The van der Waals surface area contributed by atoms with E-state index in [1.807, 2.05) is 6.07 Å². The number of hydrogen-bond acceptors (Lipinski definition) is 3. The first-order chi connectivity index (χ1) is 9.71. The lowest BCUT2D eigenvalue weighted by Gasteiger charge is -2.18. The van der Waals surface area contributed by atoms with E-state index in [0.29, 0.717) is 6.04 Å². The van der Waals surface area contributed by atoms with Gasteiger partial charge in [0.15, 0.2) is 0 Å². The Hall–Kier alpha value is -1.06. The monoisotopic (exact) mass is 278 g/mol. The van der Waals surface area contributed by atoms with E-state index < -0.39 is 0 Å². The standard InChI is InChI=1S/C17H30N2O/c1-4-5-6-7-8-9-16(19-18)13-15-12-14(2)10-11-17(15)20-3/h10-12,16,19H,4-9,13,18H2,1-3H3. The van der Waals surface area contributed by atoms with Crippen LogP contribution in [0.1, 0.15) is 56.6 Å². The molecular weight excluding hydrogens is 248 g/mol. The first-order valence-corrected chi connectivity index (χ1v) is 7.80. The molecule has 0 aliphatic rings. The maximum absolute atomic E-state index is 5.70. The Kier molecular flexibility index (Phi) is 8.31. The summed E-state index contributed by atoms with van der Waals surface area (Å²) in [7, 11) is 1.73. The van der Waals surface area contributed by atoms with Crippen LogP contribution in [-0.4, -0.2) is 13.2 Å². The highest BCUT2D eigenvalue weighted by Crippen LogP contribution is 2.22. The Morgan fingerprint density at radius 2 is 1.95 bits per heavy atom. The molecule has 0 aliphatic carbocycles. The summed E-state index contributed by atoms with van der Waals surface area (Å²) in [4.78, 5) is 0. The molecule has 1 unspecified atom stereocenters. The molecule has 3 nitrogen and oxygen atoms in total. The minimum Gasteiger partial charge on any atom is -0.496 e. The molecule has 0 bridgehead atoms. The molecule has 1 aromatic carbocycles. The number of rotatable bonds is 10. The number of ether oxygens (including phenoxy) is 1. The van der Waals surface area contributed by atoms with Gasteiger partial charge in [0.1, 0.15) is 5.75 Å². The van der Waals surface area contributed by atoms with Gasteiger partial charge in [0.05, 0.1) is 7.11 Å². The molecule has 0 amide bonds. The summed E-state index contributed by atoms with van der Waals surface area (Å²) in [6.07, 6.45) is 8.56. The number of benzene rings is 1. The molecule has 0 heterocycles. The molecule has 1 rings (SSSR count). The maximum Gasteiger partial charge on any atom is 0.122 e. The van der Waals surface area contributed by atoms with Gasteiger partial charge in [0, 0.05) is 6.04 Å². The second-order valence-corrected chi connectivity index (χ2v) is 5.59. The molecule has 1 aromatic rings. The van der Waals surface area contributed by atoms with Crippen molar-refractivity contribution in [3.05, 3.63) is 29.3 Å². The summed E-state index contributed by atoms with van der Waals surface area (Å²) in [6.45, 7) is 4.35. The number of unbranched alkanes of at least 4 members (excludes halogenated alkanes) is 4. The fourth-order valence-corrected chi connectivity index (χ4v) is 2.57. The van der Waals surface area contributed by atoms with Crippen LogP contribution in [0.15, 0.2) is 18.2 Å². The number of methoxy groups -OCH3 is 1. The third kappa shape index (κ3) is 5.93. The van der Waals surface area contributed by atoms with Crippen LogP contribution >= 0.6 is 0 Å². The highest BCUT2D eigenvalue weighted by atomic mass is 16.5. The van der Waals surface area contributed by atoms with E-state index in [-0.39, 0.29) is 0 Å². The highest BCUT2D eigenvalue weighted by molar-refractivity contribution is 5.37. The van der Waals surface area contributed by atoms with Gasteiger partial charge in [-0.3, -0.25) is 11.3 Å². The van der Waals surface area contributed by atoms with Crippen LogP contribution in [0, 0.1) is 6.92 Å². The second kappa shape index (κ2) is 9.78. The Balaban J connectivity index is 2.48. The third-order valence-electron chi connectivity index (χ3n) is 3.79. The van der Waals surface area contributed by atoms with E-state index in [9.17, 15) is 0 Å². The van der Waals surface area contributed by atoms with Gasteiger partial charge in [-0.15, -0.1) is 0 Å². The van der Waals surface area contributed by atoms with Gasteiger partial charge in [0.25, 0.3) is 0 Å². The van der Waals surface area contributed by atoms with Crippen molar-refractivity contribution in [2.45, 2.75) is 64.8 Å². The van der Waals surface area contributed by atoms with Crippen LogP contribution < -0.4 is 16.0 Å². The topological polar surface area (TPSA) is 47.3 Å². The molecule has 0 aromatic heterocycles. The Morgan fingerprint density at radius 1 is 1.20 bits per heavy atom. The van der Waals surface area contributed by atoms with Crippen molar-refractivity contribution < 1.29 is 4.74 Å². The molecular formula is C17H30N2O. The summed E-state index contributed by atoms with van der Waals surface area (Å²) in [5.74, 6) is 6.66. The van der Waals surface area contributed by atoms with Gasteiger partial charge in [-0.2, -0.15) is 0 Å². The van der Waals surface area contributed by atoms with Gasteiger partial charge in [-0.1, -0.05) is 56.7 Å². The average Bonchev–Trinajstić information content (AvgIpc) is 2.46. The minimum absolute atomic E-state index is 0.326. The van der Waals surface area contributed by atoms with Crippen molar-refractivity contribution in [1.82, 2.24) is 5.43 Å². The molecule has 0 saturated carbocycles. The Labute approximate surface area is 123 Å². The predicted molar refractivity (Wildman–Crippen MR) is 85.9 cm³/mol. The first-order valence-electron chi connectivity index (χ1n) is 7.80. The normalized spacial score (nSPS) is 12.4. The van der Waals surface area contributed by atoms with E-state index in [2.05, 4.69) is 31.4 Å². The summed E-state index contributed by atoms with van der Waals surface area (Å²) in [6, 6.07) is 6.64. The molecule has 3 N–H and O–H groups in total. The van der Waals surface area contributed by atoms with E-state index in [1.165, 1.54) is 43.2 Å². The van der Waals surface area contributed by atoms with E-state index in [4.69, 9.17) is 10.6 Å². The molecule has 3 heteroatoms. The SMILES string of the molecule is CCCCCCCC(Cc1cc(C)ccc1OC)NN. The molecule has 1 atom stereocenters. The van der Waals surface area contributed by atoms with Crippen molar-refractivity contribution in [3.63, 3.8) is 0 Å². The highest BCUT2D eigenvalue weighted by Gasteiger charge is 2.11. The van der Waals surface area contributed by atoms with Crippen LogP contribution in [-0.2, 0) is 6.42 Å². The van der Waals surface area contributed by atoms with Crippen LogP contribution in [0.25, 0.3) is 0 Å². The molecule has 0 spiro atoms. The van der Waals surface area contributed by atoms with Gasteiger partial charge < -0.3 is 4.74 Å². The smallest absolute Gasteiger partial charge is 0.122 e. The van der Waals surface area contributed by atoms with Crippen LogP contribution in [0.4, 0.5) is 0 Å². The number of nitrogens with two attached hydrogens (primary N) is 1. The molecule has 0 fully saturated rings. The van der Waals surface area contributed by atoms with Gasteiger partial charge in [-0.05, 0) is 31.4 Å². The van der Waals surface area contributed by atoms with Crippen molar-refractivity contribution in [2.24, 2.45) is 5.84 Å². The van der Waals surface area contributed by atoms with E-state index in [0.717, 1.165) is 18.6 Å². The number of nitrogens with one attached hydrogen (secondary N) is 1. The van der Waals surface area contributed by atoms with Crippen molar-refractivity contribution in [3.8, 4) is 5.75 Å². The number of hydrogen-bond donors (Lipinski definition) is 2. The molecule has 20 heavy (non-hydrogen) atoms. The molecule has 0 aliphatic heterocycles. The van der Waals surface area contributed by atoms with Crippen molar-refractivity contribution >= 4 is 0 Å². The number of aryl methyl sites for hydroxylation is 1. The third-order valence-corrected chi connectivity index (χ3v) is 3.79. The first kappa shape index (κ1) is 17.0. The van der Waals surface area contributed by atoms with Crippen LogP contribution in [0.3, 0.4) is 0 Å². The zero-order valence-corrected chi connectivity index (χ0v) is 13.2. The lowest BCUT2D eigenvalue weighted by Crippen LogP contribution is -2.36. The van der Waals surface area contributed by atoms with Crippen molar-refractivity contribution in [2.75, 3.05) is 7.11 Å². The summed E-state index contributed by atoms with van der Waals surface area (Å²) in [5.41, 5.74) is 5.46. The lowest BCUT2D eigenvalue weighted by atomic mass is 9.98. The average molecular weight is 278 g/mol. The van der Waals surface area contributed by atoms with E-state index in [1.54, 1.807) is 7.11 Å². The largest absolute Gasteiger partial charge is 0.496 e. The quantitative estimate of drug-likeness (QED) is 0.389. The van der Waals surface area contributed by atoms with Crippen LogP contribution in [0.5, 0.6) is 5.75 Å². The molecule has 0 saturated heterocycles. The summed E-state index contributed by atoms with van der Waals surface area (Å²) >= 11 is 0. The van der Waals surface area contributed by atoms with E-state index >= 15 is 0 Å². The number of hydrazine groups is 1. The lowest BCUT2D eigenvalue weighted by molar-refractivity contribution is 0.400. The fraction of sp³-hybridized carbons (Fsp3) is 0.647. The second-order valence-electron chi connectivity index (χ2n) is 5.59. The van der Waals surface area contributed by atoms with Crippen molar-refractivity contribution in [1.29, 1.82) is 0 Å². The Morgan fingerprint density at radius 3 is 2.60 bits per heavy atom.